The second kappa shape index (κ2) is 8.11. The molecule has 1 amide bonds. The fourth-order valence-electron chi connectivity index (χ4n) is 1.66. The molecule has 0 aliphatic carbocycles. The van der Waals surface area contributed by atoms with E-state index >= 15 is 0 Å². The van der Waals surface area contributed by atoms with Crippen LogP contribution in [0.4, 0.5) is 4.79 Å². The third-order valence-electron chi connectivity index (χ3n) is 2.69. The van der Waals surface area contributed by atoms with E-state index in [-0.39, 0.29) is 11.2 Å². The van der Waals surface area contributed by atoms with Crippen molar-refractivity contribution < 1.29 is 9.90 Å². The number of nitrogens with one attached hydrogen (secondary N) is 1. The average molecular weight is 294 g/mol. The first-order valence-corrected chi connectivity index (χ1v) is 6.53. The first-order valence-electron chi connectivity index (χ1n) is 6.13. The molecule has 0 aromatic heterocycles. The molecule has 6 nitrogen and oxygen atoms in total. The summed E-state index contributed by atoms with van der Waals surface area (Å²) in [4.78, 5) is 12.6. The molecule has 108 valence electrons. The van der Waals surface area contributed by atoms with Gasteiger partial charge in [-0.05, 0) is 31.1 Å². The summed E-state index contributed by atoms with van der Waals surface area (Å²) in [6.07, 6.45) is 1.11. The third kappa shape index (κ3) is 5.66. The van der Waals surface area contributed by atoms with Crippen LogP contribution in [0.2, 0.25) is 0 Å². The monoisotopic (exact) mass is 294 g/mol. The van der Waals surface area contributed by atoms with Gasteiger partial charge in [0.15, 0.2) is 5.11 Å². The molecule has 0 spiro atoms. The molecule has 1 aromatic rings. The van der Waals surface area contributed by atoms with Crippen molar-refractivity contribution in [2.75, 3.05) is 6.54 Å². The maximum absolute atomic E-state index is 11.3. The Hall–Kier alpha value is -2.15. The molecule has 0 radical (unpaired) electrons. The number of thiocarbonyl (C=S) groups is 1. The lowest BCUT2D eigenvalue weighted by Gasteiger charge is -2.23. The number of hydrogen-bond donors (Lipinski definition) is 3. The Morgan fingerprint density at radius 3 is 2.75 bits per heavy atom. The van der Waals surface area contributed by atoms with Gasteiger partial charge < -0.3 is 15.7 Å². The van der Waals surface area contributed by atoms with Crippen molar-refractivity contribution in [1.82, 2.24) is 10.3 Å². The minimum atomic E-state index is -0.991. The van der Waals surface area contributed by atoms with Crippen LogP contribution in [0.15, 0.2) is 35.4 Å². The highest BCUT2D eigenvalue weighted by Gasteiger charge is 2.17. The predicted octanol–water partition coefficient (Wildman–Crippen LogP) is 1.42. The van der Waals surface area contributed by atoms with Crippen LogP contribution in [0.5, 0.6) is 0 Å². The van der Waals surface area contributed by atoms with Gasteiger partial charge in [-0.15, -0.1) is 0 Å². The Labute approximate surface area is 123 Å². The molecule has 4 N–H and O–H groups in total. The van der Waals surface area contributed by atoms with E-state index in [9.17, 15) is 9.90 Å². The van der Waals surface area contributed by atoms with E-state index in [0.717, 1.165) is 5.56 Å². The molecular weight excluding hydrogens is 276 g/mol. The number of benzene rings is 1. The minimum absolute atomic E-state index is 0.0413. The molecule has 0 saturated carbocycles. The molecule has 7 heteroatoms. The Balaban J connectivity index is 2.57. The first-order chi connectivity index (χ1) is 9.50. The van der Waals surface area contributed by atoms with Gasteiger partial charge in [0.25, 0.3) is 0 Å². The zero-order valence-electron chi connectivity index (χ0n) is 11.2. The molecule has 0 saturated heterocycles. The Bertz CT molecular complexity index is 479. The summed E-state index contributed by atoms with van der Waals surface area (Å²) in [5, 5.41) is 13.0. The van der Waals surface area contributed by atoms with E-state index in [1.165, 1.54) is 11.1 Å². The second-order valence-corrected chi connectivity index (χ2v) is 4.65. The van der Waals surface area contributed by atoms with Gasteiger partial charge in [-0.25, -0.2) is 4.79 Å². The van der Waals surface area contributed by atoms with Crippen molar-refractivity contribution >= 4 is 29.6 Å². The van der Waals surface area contributed by atoms with Crippen LogP contribution < -0.4 is 11.2 Å². The molecule has 1 aromatic carbocycles. The van der Waals surface area contributed by atoms with E-state index in [4.69, 9.17) is 5.73 Å². The Morgan fingerprint density at radius 2 is 2.20 bits per heavy atom. The van der Waals surface area contributed by atoms with E-state index in [0.29, 0.717) is 13.0 Å². The third-order valence-corrected chi connectivity index (χ3v) is 2.78. The Kier molecular flexibility index (Phi) is 6.45. The fraction of sp³-hybridized carbons (Fsp3) is 0.308. The SMILES string of the molecule is CC(C=NNC(N)=S)N(CCc1ccccc1)C(=O)O. The highest BCUT2D eigenvalue weighted by molar-refractivity contribution is 7.80. The lowest BCUT2D eigenvalue weighted by atomic mass is 10.1. The molecule has 1 rings (SSSR count). The van der Waals surface area contributed by atoms with Crippen molar-refractivity contribution in [2.45, 2.75) is 19.4 Å². The topological polar surface area (TPSA) is 91.0 Å². The molecular formula is C13H18N4O2S. The lowest BCUT2D eigenvalue weighted by Crippen LogP contribution is -2.40. The number of nitrogens with two attached hydrogens (primary N) is 1. The minimum Gasteiger partial charge on any atom is -0.465 e. The van der Waals surface area contributed by atoms with E-state index in [1.807, 2.05) is 30.3 Å². The summed E-state index contributed by atoms with van der Waals surface area (Å²) < 4.78 is 0. The predicted molar refractivity (Wildman–Crippen MR) is 82.8 cm³/mol. The largest absolute Gasteiger partial charge is 0.465 e. The number of carbonyl (C=O) groups is 1. The summed E-state index contributed by atoms with van der Waals surface area (Å²) in [7, 11) is 0. The first kappa shape index (κ1) is 15.9. The molecule has 0 fully saturated rings. The fourth-order valence-corrected chi connectivity index (χ4v) is 1.71. The molecule has 0 aliphatic heterocycles. The number of hydrogen-bond acceptors (Lipinski definition) is 3. The van der Waals surface area contributed by atoms with Crippen molar-refractivity contribution in [1.29, 1.82) is 0 Å². The summed E-state index contributed by atoms with van der Waals surface area (Å²) in [6, 6.07) is 9.34. The van der Waals surface area contributed by atoms with Crippen LogP contribution in [0.25, 0.3) is 0 Å². The van der Waals surface area contributed by atoms with Crippen LogP contribution >= 0.6 is 12.2 Å². The molecule has 20 heavy (non-hydrogen) atoms. The van der Waals surface area contributed by atoms with Gasteiger partial charge in [0.1, 0.15) is 0 Å². The smallest absolute Gasteiger partial charge is 0.407 e. The summed E-state index contributed by atoms with van der Waals surface area (Å²) >= 11 is 4.60. The second-order valence-electron chi connectivity index (χ2n) is 4.21. The van der Waals surface area contributed by atoms with Gasteiger partial charge >= 0.3 is 6.09 Å². The lowest BCUT2D eigenvalue weighted by molar-refractivity contribution is 0.141. The molecule has 1 atom stereocenters. The van der Waals surface area contributed by atoms with Crippen molar-refractivity contribution in [3.63, 3.8) is 0 Å². The average Bonchev–Trinajstić information content (AvgIpc) is 2.39. The summed E-state index contributed by atoms with van der Waals surface area (Å²) in [6.45, 7) is 2.13. The maximum Gasteiger partial charge on any atom is 0.407 e. The van der Waals surface area contributed by atoms with E-state index in [2.05, 4.69) is 22.7 Å². The van der Waals surface area contributed by atoms with Crippen molar-refractivity contribution in [3.05, 3.63) is 35.9 Å². The van der Waals surface area contributed by atoms with Gasteiger partial charge in [-0.1, -0.05) is 30.3 Å². The molecule has 0 bridgehead atoms. The highest BCUT2D eigenvalue weighted by atomic mass is 32.1. The molecule has 0 aliphatic rings. The standard InChI is InChI=1S/C13H18N4O2S/c1-10(9-15-16-12(14)20)17(13(18)19)8-7-11-5-3-2-4-6-11/h2-6,9-10H,7-8H2,1H3,(H,18,19)(H3,14,16,20). The van der Waals surface area contributed by atoms with E-state index < -0.39 is 6.09 Å². The highest BCUT2D eigenvalue weighted by Crippen LogP contribution is 2.04. The van der Waals surface area contributed by atoms with Crippen LogP contribution in [0.3, 0.4) is 0 Å². The number of hydrazone groups is 1. The van der Waals surface area contributed by atoms with Gasteiger partial charge in [0, 0.05) is 12.8 Å². The number of nitrogens with zero attached hydrogens (tertiary/aromatic N) is 2. The zero-order chi connectivity index (χ0) is 15.0. The van der Waals surface area contributed by atoms with E-state index in [1.54, 1.807) is 6.92 Å². The van der Waals surface area contributed by atoms with Crippen LogP contribution in [-0.2, 0) is 6.42 Å². The molecule has 0 heterocycles. The van der Waals surface area contributed by atoms with Gasteiger partial charge in [-0.2, -0.15) is 5.10 Å². The van der Waals surface area contributed by atoms with Gasteiger partial charge in [0.05, 0.1) is 6.04 Å². The van der Waals surface area contributed by atoms with Crippen molar-refractivity contribution in [2.24, 2.45) is 10.8 Å². The van der Waals surface area contributed by atoms with Gasteiger partial charge in [0.2, 0.25) is 0 Å². The number of amides is 1. The quantitative estimate of drug-likeness (QED) is 0.419. The Morgan fingerprint density at radius 1 is 1.55 bits per heavy atom. The van der Waals surface area contributed by atoms with Crippen LogP contribution in [-0.4, -0.2) is 40.0 Å². The summed E-state index contributed by atoms with van der Waals surface area (Å²) in [5.41, 5.74) is 8.72. The van der Waals surface area contributed by atoms with Crippen molar-refractivity contribution in [3.8, 4) is 0 Å². The van der Waals surface area contributed by atoms with Crippen LogP contribution in [0.1, 0.15) is 12.5 Å². The normalized spacial score (nSPS) is 12.1. The van der Waals surface area contributed by atoms with Gasteiger partial charge in [-0.3, -0.25) is 5.43 Å². The maximum atomic E-state index is 11.3. The summed E-state index contributed by atoms with van der Waals surface area (Å²) in [5.74, 6) is 0. The van der Waals surface area contributed by atoms with Crippen LogP contribution in [0, 0.1) is 0 Å². The number of carboxylic acid groups (broad SMARTS) is 1. The zero-order valence-corrected chi connectivity index (χ0v) is 12.0. The number of rotatable bonds is 6. The molecule has 1 unspecified atom stereocenters.